The van der Waals surface area contributed by atoms with Crippen LogP contribution in [0.5, 0.6) is 11.5 Å². The minimum atomic E-state index is -1.06. The molecule has 0 aliphatic heterocycles. The van der Waals surface area contributed by atoms with Crippen molar-refractivity contribution in [3.8, 4) is 11.5 Å². The van der Waals surface area contributed by atoms with Gasteiger partial charge in [-0.15, -0.1) is 0 Å². The van der Waals surface area contributed by atoms with E-state index >= 15 is 0 Å². The minimum Gasteiger partial charge on any atom is -0.485 e. The molecule has 0 unspecified atom stereocenters. The molecule has 0 saturated carbocycles. The van der Waals surface area contributed by atoms with Crippen molar-refractivity contribution < 1.29 is 33.3 Å². The van der Waals surface area contributed by atoms with E-state index in [4.69, 9.17) is 18.9 Å². The van der Waals surface area contributed by atoms with Crippen molar-refractivity contribution in [1.29, 1.82) is 0 Å². The fourth-order valence-corrected chi connectivity index (χ4v) is 5.19. The van der Waals surface area contributed by atoms with Crippen molar-refractivity contribution >= 4 is 18.0 Å². The molecule has 0 saturated heterocycles. The molecular formula is C41H40N2O7. The molecule has 9 nitrogen and oxygen atoms in total. The first-order valence-corrected chi connectivity index (χ1v) is 16.3. The number of methoxy groups -OCH3 is 1. The number of hydrogen-bond donors (Lipinski definition) is 2. The Kier molecular flexibility index (Phi) is 13.0. The number of ether oxygens (including phenoxy) is 4. The summed E-state index contributed by atoms with van der Waals surface area (Å²) in [6.07, 6.45) is -0.493. The van der Waals surface area contributed by atoms with E-state index in [-0.39, 0.29) is 19.4 Å². The molecule has 0 aliphatic carbocycles. The molecule has 256 valence electrons. The maximum atomic E-state index is 13.7. The molecule has 2 amide bonds. The SMILES string of the molecule is COC(=O)[C@H](Cc1ccc(OCc2ccccc2)c(OCc2ccccc2)c1)NC(=O)[C@@H](Cc1ccccc1)NC(=O)OCc1ccccc1. The Balaban J connectivity index is 1.32. The highest BCUT2D eigenvalue weighted by Gasteiger charge is 2.28. The number of benzene rings is 5. The summed E-state index contributed by atoms with van der Waals surface area (Å²) < 4.78 is 22.8. The van der Waals surface area contributed by atoms with Gasteiger partial charge in [-0.05, 0) is 39.9 Å². The molecule has 5 rings (SSSR count). The third kappa shape index (κ3) is 11.0. The fourth-order valence-electron chi connectivity index (χ4n) is 5.19. The van der Waals surface area contributed by atoms with Crippen LogP contribution in [0.2, 0.25) is 0 Å². The minimum absolute atomic E-state index is 0.0386. The Morgan fingerprint density at radius 2 is 1.00 bits per heavy atom. The predicted molar refractivity (Wildman–Crippen MR) is 189 cm³/mol. The van der Waals surface area contributed by atoms with Gasteiger partial charge in [0.25, 0.3) is 0 Å². The van der Waals surface area contributed by atoms with E-state index in [1.807, 2.05) is 127 Å². The fraction of sp³-hybridized carbons (Fsp3) is 0.195. The van der Waals surface area contributed by atoms with E-state index in [0.29, 0.717) is 30.3 Å². The Labute approximate surface area is 292 Å². The molecule has 5 aromatic rings. The van der Waals surface area contributed by atoms with Gasteiger partial charge in [0.1, 0.15) is 31.9 Å². The number of rotatable bonds is 16. The van der Waals surface area contributed by atoms with Crippen molar-refractivity contribution in [1.82, 2.24) is 10.6 Å². The molecule has 0 spiro atoms. The molecule has 0 aliphatic rings. The molecule has 9 heteroatoms. The zero-order valence-corrected chi connectivity index (χ0v) is 27.8. The molecular weight excluding hydrogens is 632 g/mol. The van der Waals surface area contributed by atoms with E-state index in [0.717, 1.165) is 22.3 Å². The maximum absolute atomic E-state index is 13.7. The Morgan fingerprint density at radius 3 is 1.54 bits per heavy atom. The summed E-state index contributed by atoms with van der Waals surface area (Å²) in [5.41, 5.74) is 4.30. The molecule has 2 atom stereocenters. The second-order valence-corrected chi connectivity index (χ2v) is 11.6. The number of hydrogen-bond acceptors (Lipinski definition) is 7. The zero-order chi connectivity index (χ0) is 35.0. The molecule has 5 aromatic carbocycles. The monoisotopic (exact) mass is 672 g/mol. The quantitative estimate of drug-likeness (QED) is 0.114. The summed E-state index contributed by atoms with van der Waals surface area (Å²) in [6, 6.07) is 41.4. The van der Waals surface area contributed by atoms with Gasteiger partial charge in [-0.3, -0.25) is 4.79 Å². The van der Waals surface area contributed by atoms with Crippen molar-refractivity contribution in [2.24, 2.45) is 0 Å². The van der Waals surface area contributed by atoms with Gasteiger partial charge in [-0.1, -0.05) is 127 Å². The highest BCUT2D eigenvalue weighted by Crippen LogP contribution is 2.31. The lowest BCUT2D eigenvalue weighted by Gasteiger charge is -2.23. The van der Waals surface area contributed by atoms with Crippen molar-refractivity contribution in [2.75, 3.05) is 7.11 Å². The molecule has 0 bridgehead atoms. The van der Waals surface area contributed by atoms with Crippen LogP contribution in [-0.2, 0) is 51.7 Å². The summed E-state index contributed by atoms with van der Waals surface area (Å²) in [4.78, 5) is 39.6. The lowest BCUT2D eigenvalue weighted by atomic mass is 10.0. The van der Waals surface area contributed by atoms with Crippen LogP contribution >= 0.6 is 0 Å². The number of carbonyl (C=O) groups excluding carboxylic acids is 3. The lowest BCUT2D eigenvalue weighted by Crippen LogP contribution is -2.53. The summed E-state index contributed by atoms with van der Waals surface area (Å²) in [7, 11) is 1.26. The third-order valence-corrected chi connectivity index (χ3v) is 7.83. The van der Waals surface area contributed by atoms with Gasteiger partial charge >= 0.3 is 12.1 Å². The molecule has 0 heterocycles. The average molecular weight is 673 g/mol. The van der Waals surface area contributed by atoms with Gasteiger partial charge in [0.2, 0.25) is 5.91 Å². The zero-order valence-electron chi connectivity index (χ0n) is 27.8. The molecule has 0 radical (unpaired) electrons. The Hall–Kier alpha value is -6.09. The van der Waals surface area contributed by atoms with Gasteiger partial charge in [0, 0.05) is 12.8 Å². The van der Waals surface area contributed by atoms with E-state index in [9.17, 15) is 14.4 Å². The van der Waals surface area contributed by atoms with E-state index in [1.165, 1.54) is 7.11 Å². The normalized spacial score (nSPS) is 11.8. The first kappa shape index (κ1) is 35.2. The summed E-state index contributed by atoms with van der Waals surface area (Å²) >= 11 is 0. The maximum Gasteiger partial charge on any atom is 0.408 e. The van der Waals surface area contributed by atoms with Crippen molar-refractivity contribution in [2.45, 2.75) is 44.7 Å². The van der Waals surface area contributed by atoms with Crippen molar-refractivity contribution in [3.05, 3.63) is 167 Å². The lowest BCUT2D eigenvalue weighted by molar-refractivity contribution is -0.145. The third-order valence-electron chi connectivity index (χ3n) is 7.83. The van der Waals surface area contributed by atoms with Crippen LogP contribution in [0.3, 0.4) is 0 Å². The first-order valence-electron chi connectivity index (χ1n) is 16.3. The summed E-state index contributed by atoms with van der Waals surface area (Å²) in [5, 5.41) is 5.47. The van der Waals surface area contributed by atoms with Crippen LogP contribution in [0.1, 0.15) is 27.8 Å². The largest absolute Gasteiger partial charge is 0.485 e. The van der Waals surface area contributed by atoms with Gasteiger partial charge in [-0.2, -0.15) is 0 Å². The van der Waals surface area contributed by atoms with Crippen LogP contribution in [0.4, 0.5) is 4.79 Å². The van der Waals surface area contributed by atoms with Gasteiger partial charge in [-0.25, -0.2) is 9.59 Å². The van der Waals surface area contributed by atoms with Crippen LogP contribution in [0.15, 0.2) is 140 Å². The van der Waals surface area contributed by atoms with E-state index < -0.39 is 30.1 Å². The highest BCUT2D eigenvalue weighted by atomic mass is 16.5. The standard InChI is InChI=1S/C41H40N2O7/c1-47-40(45)36(42-39(44)35(24-30-14-6-2-7-15-30)43-41(46)50-29-33-20-12-5-13-21-33)25-34-22-23-37(48-27-31-16-8-3-9-17-31)38(26-34)49-28-32-18-10-4-11-19-32/h2-23,26,35-36H,24-25,27-29H2,1H3,(H,42,44)(H,43,46)/t35-,36+/m1/s1. The van der Waals surface area contributed by atoms with Crippen LogP contribution < -0.4 is 20.1 Å². The highest BCUT2D eigenvalue weighted by molar-refractivity contribution is 5.90. The second kappa shape index (κ2) is 18.5. The molecule has 0 aromatic heterocycles. The number of esters is 1. The summed E-state index contributed by atoms with van der Waals surface area (Å²) in [6.45, 7) is 0.680. The predicted octanol–water partition coefficient (Wildman–Crippen LogP) is 6.58. The van der Waals surface area contributed by atoms with E-state index in [1.54, 1.807) is 12.1 Å². The van der Waals surface area contributed by atoms with Gasteiger partial charge < -0.3 is 29.6 Å². The topological polar surface area (TPSA) is 112 Å². The summed E-state index contributed by atoms with van der Waals surface area (Å²) in [5.74, 6) is -0.181. The molecule has 50 heavy (non-hydrogen) atoms. The van der Waals surface area contributed by atoms with Gasteiger partial charge in [0.05, 0.1) is 7.11 Å². The second-order valence-electron chi connectivity index (χ2n) is 11.6. The Bertz CT molecular complexity index is 1800. The molecule has 2 N–H and O–H groups in total. The number of nitrogens with one attached hydrogen (secondary N) is 2. The smallest absolute Gasteiger partial charge is 0.408 e. The van der Waals surface area contributed by atoms with Crippen LogP contribution in [-0.4, -0.2) is 37.2 Å². The van der Waals surface area contributed by atoms with Crippen molar-refractivity contribution in [3.63, 3.8) is 0 Å². The van der Waals surface area contributed by atoms with Crippen LogP contribution in [0.25, 0.3) is 0 Å². The number of alkyl carbamates (subject to hydrolysis) is 1. The van der Waals surface area contributed by atoms with E-state index in [2.05, 4.69) is 10.6 Å². The number of carbonyl (C=O) groups is 3. The average Bonchev–Trinajstić information content (AvgIpc) is 3.16. The van der Waals surface area contributed by atoms with Gasteiger partial charge in [0.15, 0.2) is 11.5 Å². The molecule has 0 fully saturated rings. The Morgan fingerprint density at radius 1 is 0.520 bits per heavy atom. The van der Waals surface area contributed by atoms with Crippen LogP contribution in [0, 0.1) is 0 Å². The number of amides is 2. The first-order chi connectivity index (χ1) is 24.5.